The number of rotatable bonds is 6. The van der Waals surface area contributed by atoms with Gasteiger partial charge in [-0.15, -0.1) is 0 Å². The molecule has 0 aromatic carbocycles. The number of nitrogens with zero attached hydrogens (tertiary/aromatic N) is 3. The van der Waals surface area contributed by atoms with E-state index in [-0.39, 0.29) is 5.91 Å². The second-order valence-corrected chi connectivity index (χ2v) is 8.97. The van der Waals surface area contributed by atoms with Gasteiger partial charge in [-0.1, -0.05) is 12.8 Å². The number of piperazine rings is 1. The van der Waals surface area contributed by atoms with Crippen molar-refractivity contribution >= 4 is 11.9 Å². The van der Waals surface area contributed by atoms with Crippen LogP contribution in [0.4, 0.5) is 0 Å². The zero-order valence-electron chi connectivity index (χ0n) is 17.6. The molecule has 0 bridgehead atoms. The average molecular weight is 392 g/mol. The third-order valence-corrected chi connectivity index (χ3v) is 7.18. The van der Waals surface area contributed by atoms with E-state index in [2.05, 4.69) is 32.3 Å². The van der Waals surface area contributed by atoms with Crippen LogP contribution >= 0.6 is 0 Å². The first kappa shape index (κ1) is 20.0. The van der Waals surface area contributed by atoms with Gasteiger partial charge in [0.25, 0.3) is 0 Å². The Morgan fingerprint density at radius 2 is 1.86 bits per heavy atom. The summed E-state index contributed by atoms with van der Waals surface area (Å²) in [6.07, 6.45) is 8.99. The second-order valence-electron chi connectivity index (χ2n) is 8.97. The minimum absolute atomic E-state index is 0.179. The molecule has 4 rings (SSSR count). The van der Waals surface area contributed by atoms with Crippen molar-refractivity contribution in [1.29, 1.82) is 0 Å². The zero-order chi connectivity index (χ0) is 19.6. The summed E-state index contributed by atoms with van der Waals surface area (Å²) >= 11 is 0. The molecule has 0 aromatic heterocycles. The highest BCUT2D eigenvalue weighted by Crippen LogP contribution is 2.54. The molecule has 4 aliphatic rings. The van der Waals surface area contributed by atoms with Crippen molar-refractivity contribution in [2.24, 2.45) is 10.4 Å². The van der Waals surface area contributed by atoms with E-state index in [0.717, 1.165) is 58.0 Å². The monoisotopic (exact) mass is 391 g/mol. The lowest BCUT2D eigenvalue weighted by molar-refractivity contribution is -0.126. The van der Waals surface area contributed by atoms with Crippen molar-refractivity contribution in [2.45, 2.75) is 70.1 Å². The average Bonchev–Trinajstić information content (AvgIpc) is 3.33. The van der Waals surface area contributed by atoms with Crippen LogP contribution in [0.15, 0.2) is 4.99 Å². The summed E-state index contributed by atoms with van der Waals surface area (Å²) in [7, 11) is 1.89. The van der Waals surface area contributed by atoms with Crippen molar-refractivity contribution in [3.05, 3.63) is 0 Å². The maximum absolute atomic E-state index is 12.0. The number of nitrogens with one attached hydrogen (secondary N) is 2. The van der Waals surface area contributed by atoms with Gasteiger partial charge in [0.15, 0.2) is 5.96 Å². The minimum Gasteiger partial charge on any atom is -0.378 e. The lowest BCUT2D eigenvalue weighted by Gasteiger charge is -2.55. The topological polar surface area (TPSA) is 69.2 Å². The van der Waals surface area contributed by atoms with E-state index < -0.39 is 0 Å². The van der Waals surface area contributed by atoms with E-state index >= 15 is 0 Å². The molecule has 2 atom stereocenters. The molecule has 1 aliphatic heterocycles. The van der Waals surface area contributed by atoms with Crippen molar-refractivity contribution in [1.82, 2.24) is 20.4 Å². The molecular formula is C21H37N5O2. The van der Waals surface area contributed by atoms with Gasteiger partial charge in [-0.3, -0.25) is 14.7 Å². The number of hydrogen-bond donors (Lipinski definition) is 2. The number of ether oxygens (including phenoxy) is 1. The van der Waals surface area contributed by atoms with E-state index in [4.69, 9.17) is 4.74 Å². The molecule has 2 unspecified atom stereocenters. The van der Waals surface area contributed by atoms with Gasteiger partial charge in [0.2, 0.25) is 5.91 Å². The van der Waals surface area contributed by atoms with Crippen LogP contribution in [0.5, 0.6) is 0 Å². The smallest absolute Gasteiger partial charge is 0.234 e. The van der Waals surface area contributed by atoms with Gasteiger partial charge in [0, 0.05) is 57.3 Å². The molecule has 4 fully saturated rings. The minimum atomic E-state index is 0.179. The molecule has 0 radical (unpaired) electrons. The highest BCUT2D eigenvalue weighted by atomic mass is 16.5. The molecule has 3 aliphatic carbocycles. The van der Waals surface area contributed by atoms with Crippen LogP contribution < -0.4 is 10.6 Å². The molecule has 2 N–H and O–H groups in total. The summed E-state index contributed by atoms with van der Waals surface area (Å²) in [5.41, 5.74) is 0.314. The van der Waals surface area contributed by atoms with Gasteiger partial charge >= 0.3 is 0 Å². The first-order valence-electron chi connectivity index (χ1n) is 11.3. The Labute approximate surface area is 169 Å². The molecule has 1 saturated heterocycles. The van der Waals surface area contributed by atoms with Crippen molar-refractivity contribution in [3.8, 4) is 0 Å². The van der Waals surface area contributed by atoms with E-state index in [9.17, 15) is 4.79 Å². The molecule has 7 heteroatoms. The van der Waals surface area contributed by atoms with Crippen LogP contribution in [0, 0.1) is 5.41 Å². The number of guanidine groups is 1. The Bertz CT molecular complexity index is 577. The lowest BCUT2D eigenvalue weighted by Crippen LogP contribution is -2.66. The molecule has 0 aromatic rings. The van der Waals surface area contributed by atoms with E-state index in [1.54, 1.807) is 0 Å². The number of carbonyl (C=O) groups is 1. The van der Waals surface area contributed by atoms with Crippen LogP contribution in [0.1, 0.15) is 51.9 Å². The molecule has 1 amide bonds. The first-order chi connectivity index (χ1) is 13.6. The van der Waals surface area contributed by atoms with Gasteiger partial charge in [0.05, 0.1) is 12.6 Å². The summed E-state index contributed by atoms with van der Waals surface area (Å²) in [6.45, 7) is 7.11. The van der Waals surface area contributed by atoms with E-state index in [1.165, 1.54) is 25.7 Å². The van der Waals surface area contributed by atoms with Gasteiger partial charge in [-0.25, -0.2) is 0 Å². The Balaban J connectivity index is 1.26. The normalized spacial score (nSPS) is 30.4. The van der Waals surface area contributed by atoms with Gasteiger partial charge < -0.3 is 20.3 Å². The molecule has 1 spiro atoms. The zero-order valence-corrected chi connectivity index (χ0v) is 17.6. The quantitative estimate of drug-likeness (QED) is 0.526. The fraction of sp³-hybridized carbons (Fsp3) is 0.905. The first-order valence-corrected chi connectivity index (χ1v) is 11.3. The summed E-state index contributed by atoms with van der Waals surface area (Å²) in [4.78, 5) is 21.2. The third-order valence-electron chi connectivity index (χ3n) is 7.18. The number of carbonyl (C=O) groups excluding carboxylic acids is 1. The SMILES string of the molecule is CCOC1CC(NC(=NC)N2CCN(CC(=O)NC3CC3)CC2)C12CCCC2. The van der Waals surface area contributed by atoms with E-state index in [1.807, 2.05) is 7.05 Å². The molecule has 28 heavy (non-hydrogen) atoms. The molecule has 7 nitrogen and oxygen atoms in total. The highest BCUT2D eigenvalue weighted by Gasteiger charge is 2.57. The molecule has 3 saturated carbocycles. The Hall–Kier alpha value is -1.34. The standard InChI is InChI=1S/C21H37N5O2/c1-3-28-18-14-17(21(18)8-4-5-9-21)24-20(22-2)26-12-10-25(11-13-26)15-19(27)23-16-6-7-16/h16-18H,3-15H2,1-2H3,(H,22,24)(H,23,27). The maximum atomic E-state index is 12.0. The largest absolute Gasteiger partial charge is 0.378 e. The lowest BCUT2D eigenvalue weighted by atomic mass is 9.60. The summed E-state index contributed by atoms with van der Waals surface area (Å²) < 4.78 is 6.05. The number of amides is 1. The van der Waals surface area contributed by atoms with E-state index in [0.29, 0.717) is 30.1 Å². The highest BCUT2D eigenvalue weighted by molar-refractivity contribution is 5.81. The summed E-state index contributed by atoms with van der Waals surface area (Å²) in [5.74, 6) is 1.20. The molecular weight excluding hydrogens is 354 g/mol. The van der Waals surface area contributed by atoms with Crippen molar-refractivity contribution in [3.63, 3.8) is 0 Å². The van der Waals surface area contributed by atoms with Gasteiger partial charge in [0.1, 0.15) is 0 Å². The fourth-order valence-corrected chi connectivity index (χ4v) is 5.36. The number of aliphatic imine (C=N–C) groups is 1. The van der Waals surface area contributed by atoms with Crippen molar-refractivity contribution in [2.75, 3.05) is 46.4 Å². The second kappa shape index (κ2) is 8.57. The van der Waals surface area contributed by atoms with Gasteiger partial charge in [-0.05, 0) is 39.0 Å². The van der Waals surface area contributed by atoms with Gasteiger partial charge in [-0.2, -0.15) is 0 Å². The summed E-state index contributed by atoms with van der Waals surface area (Å²) in [5, 5.41) is 6.87. The Morgan fingerprint density at radius 3 is 2.46 bits per heavy atom. The molecule has 158 valence electrons. The van der Waals surface area contributed by atoms with Crippen LogP contribution in [0.2, 0.25) is 0 Å². The Kier molecular flexibility index (Phi) is 6.11. The Morgan fingerprint density at radius 1 is 1.14 bits per heavy atom. The predicted molar refractivity (Wildman–Crippen MR) is 110 cm³/mol. The van der Waals surface area contributed by atoms with Crippen LogP contribution in [0.25, 0.3) is 0 Å². The maximum Gasteiger partial charge on any atom is 0.234 e. The predicted octanol–water partition coefficient (Wildman–Crippen LogP) is 1.20. The van der Waals surface area contributed by atoms with Crippen LogP contribution in [-0.4, -0.2) is 86.2 Å². The van der Waals surface area contributed by atoms with Crippen LogP contribution in [-0.2, 0) is 9.53 Å². The number of hydrogen-bond acceptors (Lipinski definition) is 4. The summed E-state index contributed by atoms with van der Waals surface area (Å²) in [6, 6.07) is 0.926. The van der Waals surface area contributed by atoms with Crippen LogP contribution in [0.3, 0.4) is 0 Å². The molecule has 1 heterocycles. The fourth-order valence-electron chi connectivity index (χ4n) is 5.36. The third kappa shape index (κ3) is 4.15. The van der Waals surface area contributed by atoms with Crippen molar-refractivity contribution < 1.29 is 9.53 Å².